The summed E-state index contributed by atoms with van der Waals surface area (Å²) in [6.07, 6.45) is 0.700. The average Bonchev–Trinajstić information content (AvgIpc) is 2.61. The van der Waals surface area contributed by atoms with Gasteiger partial charge in [0.1, 0.15) is 6.61 Å². The quantitative estimate of drug-likeness (QED) is 0.821. The number of morpholine rings is 1. The zero-order chi connectivity index (χ0) is 19.0. The maximum atomic E-state index is 12.7. The highest BCUT2D eigenvalue weighted by atomic mass is 35.5. The fourth-order valence-corrected chi connectivity index (χ4v) is 4.15. The molecule has 0 unspecified atom stereocenters. The zero-order valence-electron chi connectivity index (χ0n) is 14.7. The fraction of sp³-hybridized carbons (Fsp3) is 0.556. The van der Waals surface area contributed by atoms with Crippen LogP contribution >= 0.6 is 23.2 Å². The van der Waals surface area contributed by atoms with E-state index in [2.05, 4.69) is 5.32 Å². The number of benzene rings is 1. The van der Waals surface area contributed by atoms with Gasteiger partial charge >= 0.3 is 6.03 Å². The molecule has 3 heterocycles. The highest BCUT2D eigenvalue weighted by Crippen LogP contribution is 2.27. The zero-order valence-corrected chi connectivity index (χ0v) is 16.2. The van der Waals surface area contributed by atoms with Gasteiger partial charge in [0, 0.05) is 28.7 Å². The van der Waals surface area contributed by atoms with Crippen LogP contribution in [-0.2, 0) is 20.9 Å². The Hall–Kier alpha value is -1.54. The molecule has 1 N–H and O–H groups in total. The van der Waals surface area contributed by atoms with Crippen molar-refractivity contribution in [2.45, 2.75) is 31.3 Å². The lowest BCUT2D eigenvalue weighted by Gasteiger charge is -2.46. The van der Waals surface area contributed by atoms with Gasteiger partial charge in [-0.2, -0.15) is 0 Å². The molecule has 0 spiro atoms. The van der Waals surface area contributed by atoms with Gasteiger partial charge in [-0.15, -0.1) is 0 Å². The van der Waals surface area contributed by atoms with Gasteiger partial charge in [-0.3, -0.25) is 4.79 Å². The number of nitrogens with one attached hydrogen (secondary N) is 1. The van der Waals surface area contributed by atoms with E-state index < -0.39 is 0 Å². The van der Waals surface area contributed by atoms with Gasteiger partial charge in [-0.05, 0) is 18.6 Å². The Kier molecular flexibility index (Phi) is 5.45. The number of likely N-dealkylation sites (tertiary alicyclic amines) is 2. The molecule has 1 aromatic carbocycles. The van der Waals surface area contributed by atoms with Crippen LogP contribution in [0.1, 0.15) is 12.0 Å². The number of piperidine rings is 1. The Morgan fingerprint density at radius 1 is 1.22 bits per heavy atom. The van der Waals surface area contributed by atoms with Crippen LogP contribution in [0.4, 0.5) is 4.79 Å². The van der Waals surface area contributed by atoms with Gasteiger partial charge in [-0.25, -0.2) is 4.79 Å². The molecule has 3 aliphatic heterocycles. The van der Waals surface area contributed by atoms with Crippen molar-refractivity contribution >= 4 is 35.1 Å². The fourth-order valence-electron chi connectivity index (χ4n) is 3.64. The molecule has 3 fully saturated rings. The predicted octanol–water partition coefficient (Wildman–Crippen LogP) is 1.90. The summed E-state index contributed by atoms with van der Waals surface area (Å²) < 4.78 is 11.4. The van der Waals surface area contributed by atoms with Crippen molar-refractivity contribution < 1.29 is 19.1 Å². The summed E-state index contributed by atoms with van der Waals surface area (Å²) in [7, 11) is 0. The highest BCUT2D eigenvalue weighted by Gasteiger charge is 2.40. The average molecular weight is 414 g/mol. The Balaban J connectivity index is 1.25. The lowest BCUT2D eigenvalue weighted by Crippen LogP contribution is -2.65. The number of carbonyl (C=O) groups excluding carboxylic acids is 2. The largest absolute Gasteiger partial charge is 0.370 e. The lowest BCUT2D eigenvalue weighted by atomic mass is 10.0. The SMILES string of the molecule is O=C1CO[C@H]2CCN(C(=O)N3CC(OCc4c(Cl)cccc4Cl)C3)C[C@H]2N1. The standard InChI is InChI=1S/C18H21Cl2N3O4/c19-13-2-1-3-14(20)12(13)9-26-11-6-23(7-11)18(25)22-5-4-16-15(8-22)21-17(24)10-27-16/h1-3,11,15-16H,4-10H2,(H,21,24)/t15-,16+/m1/s1. The van der Waals surface area contributed by atoms with Crippen LogP contribution in [0.25, 0.3) is 0 Å². The van der Waals surface area contributed by atoms with E-state index in [0.717, 1.165) is 12.0 Å². The molecule has 2 atom stereocenters. The monoisotopic (exact) mass is 413 g/mol. The van der Waals surface area contributed by atoms with E-state index in [1.807, 2.05) is 0 Å². The first-order valence-corrected chi connectivity index (χ1v) is 9.76. The van der Waals surface area contributed by atoms with Crippen LogP contribution < -0.4 is 5.32 Å². The van der Waals surface area contributed by atoms with E-state index in [1.165, 1.54) is 0 Å². The van der Waals surface area contributed by atoms with Gasteiger partial charge in [0.2, 0.25) is 5.91 Å². The third-order valence-electron chi connectivity index (χ3n) is 5.24. The molecular weight excluding hydrogens is 393 g/mol. The van der Waals surface area contributed by atoms with E-state index in [-0.39, 0.29) is 36.8 Å². The number of rotatable bonds is 3. The molecule has 4 rings (SSSR count). The molecule has 3 aliphatic rings. The van der Waals surface area contributed by atoms with Crippen LogP contribution in [0.5, 0.6) is 0 Å². The topological polar surface area (TPSA) is 71.1 Å². The maximum Gasteiger partial charge on any atom is 0.320 e. The molecule has 1 aromatic rings. The molecule has 3 saturated heterocycles. The number of nitrogens with zero attached hydrogens (tertiary/aromatic N) is 2. The summed E-state index contributed by atoms with van der Waals surface area (Å²) in [4.78, 5) is 27.7. The summed E-state index contributed by atoms with van der Waals surface area (Å²) >= 11 is 12.3. The van der Waals surface area contributed by atoms with Crippen LogP contribution in [-0.4, -0.2) is 72.8 Å². The molecule has 9 heteroatoms. The van der Waals surface area contributed by atoms with Gasteiger partial charge in [0.05, 0.1) is 37.9 Å². The van der Waals surface area contributed by atoms with Gasteiger partial charge in [0.25, 0.3) is 0 Å². The molecule has 0 saturated carbocycles. The number of carbonyl (C=O) groups is 2. The van der Waals surface area contributed by atoms with Crippen LogP contribution in [0.15, 0.2) is 18.2 Å². The Labute approximate surface area is 167 Å². The molecule has 0 aliphatic carbocycles. The minimum Gasteiger partial charge on any atom is -0.370 e. The summed E-state index contributed by atoms with van der Waals surface area (Å²) in [6.45, 7) is 2.61. The van der Waals surface area contributed by atoms with Crippen molar-refractivity contribution in [1.82, 2.24) is 15.1 Å². The summed E-state index contributed by atoms with van der Waals surface area (Å²) in [5.74, 6) is -0.124. The first kappa shape index (κ1) is 18.8. The van der Waals surface area contributed by atoms with Crippen molar-refractivity contribution in [2.75, 3.05) is 32.8 Å². The number of hydrogen-bond donors (Lipinski definition) is 1. The van der Waals surface area contributed by atoms with Gasteiger partial charge in [0.15, 0.2) is 0 Å². The van der Waals surface area contributed by atoms with Crippen molar-refractivity contribution in [2.24, 2.45) is 0 Å². The summed E-state index contributed by atoms with van der Waals surface area (Å²) in [5.41, 5.74) is 0.765. The Morgan fingerprint density at radius 2 is 1.96 bits per heavy atom. The number of urea groups is 1. The minimum atomic E-state index is -0.125. The molecule has 146 valence electrons. The van der Waals surface area contributed by atoms with Crippen LogP contribution in [0, 0.1) is 0 Å². The second-order valence-corrected chi connectivity index (χ2v) is 7.89. The normalized spacial score (nSPS) is 25.6. The minimum absolute atomic E-state index is 0.000378. The van der Waals surface area contributed by atoms with E-state index in [9.17, 15) is 9.59 Å². The number of hydrogen-bond acceptors (Lipinski definition) is 4. The van der Waals surface area contributed by atoms with Crippen molar-refractivity contribution in [1.29, 1.82) is 0 Å². The molecule has 27 heavy (non-hydrogen) atoms. The van der Waals surface area contributed by atoms with E-state index in [1.54, 1.807) is 28.0 Å². The third-order valence-corrected chi connectivity index (χ3v) is 5.95. The molecule has 0 aromatic heterocycles. The van der Waals surface area contributed by atoms with Crippen molar-refractivity contribution in [3.8, 4) is 0 Å². The number of amides is 3. The number of ether oxygens (including phenoxy) is 2. The summed E-state index contributed by atoms with van der Waals surface area (Å²) in [5, 5.41) is 4.07. The van der Waals surface area contributed by atoms with Crippen LogP contribution in [0.3, 0.4) is 0 Å². The maximum absolute atomic E-state index is 12.7. The number of fused-ring (bicyclic) bond motifs is 1. The van der Waals surface area contributed by atoms with E-state index in [4.69, 9.17) is 32.7 Å². The first-order chi connectivity index (χ1) is 13.0. The van der Waals surface area contributed by atoms with Gasteiger partial charge in [-0.1, -0.05) is 29.3 Å². The molecule has 3 amide bonds. The molecular formula is C18H21Cl2N3O4. The highest BCUT2D eigenvalue weighted by molar-refractivity contribution is 6.35. The molecule has 7 nitrogen and oxygen atoms in total. The first-order valence-electron chi connectivity index (χ1n) is 9.00. The van der Waals surface area contributed by atoms with Gasteiger partial charge < -0.3 is 24.6 Å². The van der Waals surface area contributed by atoms with Crippen molar-refractivity contribution in [3.05, 3.63) is 33.8 Å². The Bertz CT molecular complexity index is 721. The second kappa shape index (κ2) is 7.83. The Morgan fingerprint density at radius 3 is 2.70 bits per heavy atom. The van der Waals surface area contributed by atoms with Crippen LogP contribution in [0.2, 0.25) is 10.0 Å². The summed E-state index contributed by atoms with van der Waals surface area (Å²) in [6, 6.07) is 5.20. The number of halogens is 2. The smallest absolute Gasteiger partial charge is 0.320 e. The van der Waals surface area contributed by atoms with Crippen molar-refractivity contribution in [3.63, 3.8) is 0 Å². The predicted molar refractivity (Wildman–Crippen MR) is 99.9 cm³/mol. The second-order valence-electron chi connectivity index (χ2n) is 7.08. The molecule has 0 bridgehead atoms. The third kappa shape index (κ3) is 4.01. The molecule has 0 radical (unpaired) electrons. The van der Waals surface area contributed by atoms with E-state index >= 15 is 0 Å². The van der Waals surface area contributed by atoms with E-state index in [0.29, 0.717) is 42.8 Å². The lowest BCUT2D eigenvalue weighted by molar-refractivity contribution is -0.140.